The summed E-state index contributed by atoms with van der Waals surface area (Å²) in [4.78, 5) is 15.4. The number of para-hydroxylation sites is 1. The highest BCUT2D eigenvalue weighted by atomic mass is 32.1. The largest absolute Gasteiger partial charge is 0.497 e. The number of benzene rings is 3. The molecule has 0 saturated heterocycles. The molecule has 0 radical (unpaired) electrons. The predicted molar refractivity (Wildman–Crippen MR) is 114 cm³/mol. The van der Waals surface area contributed by atoms with Crippen molar-refractivity contribution in [3.05, 3.63) is 88.0 Å². The zero-order valence-electron chi connectivity index (χ0n) is 15.0. The fourth-order valence-corrected chi connectivity index (χ4v) is 3.87. The molecule has 4 rings (SSSR count). The van der Waals surface area contributed by atoms with Gasteiger partial charge >= 0.3 is 0 Å². The van der Waals surface area contributed by atoms with Crippen LogP contribution >= 0.6 is 11.3 Å². The standard InChI is InChI=1S/C22H16N2O3S/c1-27-18-12-13-19-21(14-18)28-22(23-19)17-10-7-15(8-11-17)6-9-16-4-2-3-5-20(16)24(25)26/h2-14H,1H3/b9-6+. The van der Waals surface area contributed by atoms with E-state index in [9.17, 15) is 10.1 Å². The van der Waals surface area contributed by atoms with Crippen LogP contribution in [0.25, 0.3) is 32.9 Å². The summed E-state index contributed by atoms with van der Waals surface area (Å²) in [6.45, 7) is 0. The van der Waals surface area contributed by atoms with Crippen LogP contribution in [0, 0.1) is 10.1 Å². The number of ether oxygens (including phenoxy) is 1. The Balaban J connectivity index is 1.58. The Kier molecular flexibility index (Phi) is 4.87. The minimum absolute atomic E-state index is 0.0975. The average Bonchev–Trinajstić information content (AvgIpc) is 3.16. The second kappa shape index (κ2) is 7.62. The van der Waals surface area contributed by atoms with E-state index in [1.165, 1.54) is 6.07 Å². The Labute approximate surface area is 165 Å². The van der Waals surface area contributed by atoms with Crippen LogP contribution in [0.2, 0.25) is 0 Å². The van der Waals surface area contributed by atoms with Crippen molar-refractivity contribution in [3.8, 4) is 16.3 Å². The molecule has 6 heteroatoms. The average molecular weight is 388 g/mol. The zero-order valence-corrected chi connectivity index (χ0v) is 15.8. The fraction of sp³-hybridized carbons (Fsp3) is 0.0455. The normalized spacial score (nSPS) is 11.2. The number of hydrogen-bond acceptors (Lipinski definition) is 5. The molecule has 4 aromatic rings. The Bertz CT molecular complexity index is 1180. The third kappa shape index (κ3) is 3.63. The molecular formula is C22H16N2O3S. The molecule has 0 saturated carbocycles. The van der Waals surface area contributed by atoms with E-state index in [-0.39, 0.29) is 10.6 Å². The Hall–Kier alpha value is -3.51. The highest BCUT2D eigenvalue weighted by Gasteiger charge is 2.10. The summed E-state index contributed by atoms with van der Waals surface area (Å²) in [5, 5.41) is 12.0. The molecule has 1 heterocycles. The number of thiazole rings is 1. The maximum atomic E-state index is 11.1. The molecule has 5 nitrogen and oxygen atoms in total. The van der Waals surface area contributed by atoms with Crippen molar-refractivity contribution >= 4 is 39.4 Å². The molecule has 138 valence electrons. The van der Waals surface area contributed by atoms with Gasteiger partial charge in [0.25, 0.3) is 5.69 Å². The number of methoxy groups -OCH3 is 1. The van der Waals surface area contributed by atoms with E-state index in [1.54, 1.807) is 42.7 Å². The van der Waals surface area contributed by atoms with Gasteiger partial charge in [-0.3, -0.25) is 10.1 Å². The number of hydrogen-bond donors (Lipinski definition) is 0. The van der Waals surface area contributed by atoms with Gasteiger partial charge in [-0.2, -0.15) is 0 Å². The highest BCUT2D eigenvalue weighted by molar-refractivity contribution is 7.21. The summed E-state index contributed by atoms with van der Waals surface area (Å²) in [7, 11) is 1.65. The van der Waals surface area contributed by atoms with Gasteiger partial charge < -0.3 is 4.74 Å². The third-order valence-electron chi connectivity index (χ3n) is 4.34. The summed E-state index contributed by atoms with van der Waals surface area (Å²) < 4.78 is 6.35. The van der Waals surface area contributed by atoms with E-state index >= 15 is 0 Å². The molecule has 0 amide bonds. The number of aromatic nitrogens is 1. The van der Waals surface area contributed by atoms with Gasteiger partial charge in [0.1, 0.15) is 10.8 Å². The van der Waals surface area contributed by atoms with Crippen LogP contribution in [0.4, 0.5) is 5.69 Å². The first kappa shape index (κ1) is 17.9. The lowest BCUT2D eigenvalue weighted by molar-refractivity contribution is -0.385. The Morgan fingerprint density at radius 1 is 1.04 bits per heavy atom. The van der Waals surface area contributed by atoms with Gasteiger partial charge in [0.05, 0.1) is 27.8 Å². The SMILES string of the molecule is COc1ccc2nc(-c3ccc(/C=C/c4ccccc4[N+](=O)[O-])cc3)sc2c1. The maximum Gasteiger partial charge on any atom is 0.276 e. The fourth-order valence-electron chi connectivity index (χ4n) is 2.87. The first-order valence-electron chi connectivity index (χ1n) is 8.60. The number of rotatable bonds is 5. The van der Waals surface area contributed by atoms with Crippen LogP contribution < -0.4 is 4.74 Å². The molecule has 0 aliphatic carbocycles. The van der Waals surface area contributed by atoms with Crippen LogP contribution in [-0.2, 0) is 0 Å². The molecule has 0 bridgehead atoms. The van der Waals surface area contributed by atoms with Crippen molar-refractivity contribution in [3.63, 3.8) is 0 Å². The van der Waals surface area contributed by atoms with Crippen LogP contribution in [0.15, 0.2) is 66.7 Å². The van der Waals surface area contributed by atoms with Crippen LogP contribution in [0.1, 0.15) is 11.1 Å². The monoisotopic (exact) mass is 388 g/mol. The smallest absolute Gasteiger partial charge is 0.276 e. The van der Waals surface area contributed by atoms with Crippen molar-refractivity contribution in [2.75, 3.05) is 7.11 Å². The van der Waals surface area contributed by atoms with E-state index in [4.69, 9.17) is 4.74 Å². The van der Waals surface area contributed by atoms with E-state index in [1.807, 2.05) is 48.5 Å². The minimum Gasteiger partial charge on any atom is -0.497 e. The summed E-state index contributed by atoms with van der Waals surface area (Å²) in [6, 6.07) is 20.5. The van der Waals surface area contributed by atoms with Crippen molar-refractivity contribution in [1.82, 2.24) is 4.98 Å². The molecule has 0 N–H and O–H groups in total. The van der Waals surface area contributed by atoms with Crippen molar-refractivity contribution < 1.29 is 9.66 Å². The van der Waals surface area contributed by atoms with E-state index in [0.717, 1.165) is 32.1 Å². The van der Waals surface area contributed by atoms with Gasteiger partial charge in [-0.25, -0.2) is 4.98 Å². The molecule has 0 unspecified atom stereocenters. The predicted octanol–water partition coefficient (Wildman–Crippen LogP) is 6.05. The molecule has 0 aliphatic rings. The topological polar surface area (TPSA) is 65.3 Å². The molecule has 0 atom stereocenters. The van der Waals surface area contributed by atoms with Gasteiger partial charge in [-0.15, -0.1) is 11.3 Å². The number of nitro benzene ring substituents is 1. The Morgan fingerprint density at radius 2 is 1.82 bits per heavy atom. The molecule has 0 fully saturated rings. The van der Waals surface area contributed by atoms with E-state index in [2.05, 4.69) is 4.98 Å². The molecule has 0 spiro atoms. The summed E-state index contributed by atoms with van der Waals surface area (Å²) in [5.41, 5.74) is 3.62. The number of fused-ring (bicyclic) bond motifs is 1. The first-order valence-corrected chi connectivity index (χ1v) is 9.42. The number of nitro groups is 1. The van der Waals surface area contributed by atoms with Crippen LogP contribution in [0.3, 0.4) is 0 Å². The maximum absolute atomic E-state index is 11.1. The second-order valence-corrected chi connectivity index (χ2v) is 7.15. The third-order valence-corrected chi connectivity index (χ3v) is 5.41. The van der Waals surface area contributed by atoms with Crippen molar-refractivity contribution in [2.24, 2.45) is 0 Å². The van der Waals surface area contributed by atoms with Gasteiger partial charge in [0.2, 0.25) is 0 Å². The lowest BCUT2D eigenvalue weighted by Gasteiger charge is -1.99. The zero-order chi connectivity index (χ0) is 19.5. The van der Waals surface area contributed by atoms with Crippen molar-refractivity contribution in [1.29, 1.82) is 0 Å². The summed E-state index contributed by atoms with van der Waals surface area (Å²) in [5.74, 6) is 0.818. The molecule has 0 aliphatic heterocycles. The van der Waals surface area contributed by atoms with Gasteiger partial charge in [-0.1, -0.05) is 42.5 Å². The highest BCUT2D eigenvalue weighted by Crippen LogP contribution is 2.32. The van der Waals surface area contributed by atoms with Crippen LogP contribution in [-0.4, -0.2) is 17.0 Å². The van der Waals surface area contributed by atoms with E-state index in [0.29, 0.717) is 5.56 Å². The van der Waals surface area contributed by atoms with Gasteiger partial charge in [0.15, 0.2) is 0 Å². The lowest BCUT2D eigenvalue weighted by atomic mass is 10.1. The molecule has 28 heavy (non-hydrogen) atoms. The summed E-state index contributed by atoms with van der Waals surface area (Å²) in [6.07, 6.45) is 3.63. The second-order valence-electron chi connectivity index (χ2n) is 6.12. The quantitative estimate of drug-likeness (QED) is 0.237. The van der Waals surface area contributed by atoms with Gasteiger partial charge in [-0.05, 0) is 35.9 Å². The lowest BCUT2D eigenvalue weighted by Crippen LogP contribution is -1.90. The number of nitrogens with zero attached hydrogens (tertiary/aromatic N) is 2. The molecule has 1 aromatic heterocycles. The minimum atomic E-state index is -0.370. The van der Waals surface area contributed by atoms with Crippen LogP contribution in [0.5, 0.6) is 5.75 Å². The summed E-state index contributed by atoms with van der Waals surface area (Å²) >= 11 is 1.62. The first-order chi connectivity index (χ1) is 13.6. The van der Waals surface area contributed by atoms with E-state index < -0.39 is 0 Å². The van der Waals surface area contributed by atoms with Crippen molar-refractivity contribution in [2.45, 2.75) is 0 Å². The molecular weight excluding hydrogens is 372 g/mol. The molecule has 3 aromatic carbocycles. The Morgan fingerprint density at radius 3 is 2.57 bits per heavy atom. The van der Waals surface area contributed by atoms with Gasteiger partial charge in [0, 0.05) is 11.6 Å².